The molecular weight excluding hydrogens is 1630 g/mol. The molecule has 0 amide bonds. The molecule has 0 atom stereocenters. The molecule has 0 unspecified atom stereocenters. The van der Waals surface area contributed by atoms with Crippen molar-refractivity contribution < 1.29 is 98.7 Å². The summed E-state index contributed by atoms with van der Waals surface area (Å²) in [5.41, 5.74) is -3.81. The van der Waals surface area contributed by atoms with Gasteiger partial charge in [0.15, 0.2) is 23.1 Å². The van der Waals surface area contributed by atoms with Gasteiger partial charge in [0.1, 0.15) is 26.3 Å². The predicted octanol–water partition coefficient (Wildman–Crippen LogP) is 9.06. The fourth-order valence-corrected chi connectivity index (χ4v) is 16.7. The molecule has 2 aliphatic carbocycles. The molecular formula is C71H56N14O24S6. The number of nitrogens with zero attached hydrogens (tertiary/aromatic N) is 8. The Morgan fingerprint density at radius 1 is 0.435 bits per heavy atom. The zero-order valence-corrected chi connectivity index (χ0v) is 64.5. The molecule has 0 spiro atoms. The Hall–Kier alpha value is -12.5. The maximum atomic E-state index is 14.5. The van der Waals surface area contributed by atoms with Gasteiger partial charge in [-0.3, -0.25) is 51.5 Å². The van der Waals surface area contributed by atoms with Crippen LogP contribution in [0.2, 0.25) is 0 Å². The highest BCUT2D eigenvalue weighted by atomic mass is 32.2. The normalized spacial score (nSPS) is 12.5. The van der Waals surface area contributed by atoms with Crippen molar-refractivity contribution in [3.8, 4) is 22.3 Å². The van der Waals surface area contributed by atoms with Crippen molar-refractivity contribution in [3.63, 3.8) is 0 Å². The minimum Gasteiger partial charge on any atom is -0.357 e. The van der Waals surface area contributed by atoms with Crippen LogP contribution in [0.25, 0.3) is 44.1 Å². The van der Waals surface area contributed by atoms with Gasteiger partial charge >= 0.3 is 0 Å². The Labute approximate surface area is 653 Å². The van der Waals surface area contributed by atoms with E-state index in [9.17, 15) is 93.6 Å². The largest absolute Gasteiger partial charge is 0.357 e. The molecule has 4 heterocycles. The first-order valence-corrected chi connectivity index (χ1v) is 40.9. The van der Waals surface area contributed by atoms with E-state index in [1.807, 2.05) is 6.92 Å². The number of benzene rings is 8. The van der Waals surface area contributed by atoms with Crippen LogP contribution in [0.1, 0.15) is 82.3 Å². The van der Waals surface area contributed by atoms with Crippen LogP contribution in [0.4, 0.5) is 57.9 Å². The van der Waals surface area contributed by atoms with E-state index in [0.29, 0.717) is 30.5 Å². The summed E-state index contributed by atoms with van der Waals surface area (Å²) in [4.78, 5) is 107. The predicted molar refractivity (Wildman–Crippen MR) is 414 cm³/mol. The van der Waals surface area contributed by atoms with Crippen LogP contribution >= 0.6 is 12.0 Å². The molecule has 0 saturated heterocycles. The van der Waals surface area contributed by atoms with E-state index >= 15 is 0 Å². The fraction of sp³-hybridized carbons (Fsp3) is 0.0986. The first-order valence-electron chi connectivity index (χ1n) is 33.0. The lowest BCUT2D eigenvalue weighted by Gasteiger charge is -2.26. The topological polar surface area (TPSA) is 572 Å². The Morgan fingerprint density at radius 2 is 0.826 bits per heavy atom. The lowest BCUT2D eigenvalue weighted by molar-refractivity contribution is -0.432. The smallest absolute Gasteiger partial charge is 0.296 e. The molecule has 0 fully saturated rings. The average Bonchev–Trinajstić information content (AvgIpc) is 0.797. The summed E-state index contributed by atoms with van der Waals surface area (Å²) in [7, 11) is -20.8. The lowest BCUT2D eigenvalue weighted by Crippen LogP contribution is -2.29. The Kier molecular flexibility index (Phi) is 21.3. The molecule has 12 aromatic rings. The van der Waals surface area contributed by atoms with Gasteiger partial charge in [-0.05, 0) is 105 Å². The zero-order chi connectivity index (χ0) is 83.0. The summed E-state index contributed by atoms with van der Waals surface area (Å²) in [6, 6.07) is 30.3. The van der Waals surface area contributed by atoms with E-state index in [0.717, 1.165) is 45.5 Å². The number of fused-ring (bicyclic) bond motifs is 4. The Morgan fingerprint density at radius 3 is 1.24 bits per heavy atom. The van der Waals surface area contributed by atoms with Gasteiger partial charge in [-0.1, -0.05) is 77.8 Å². The van der Waals surface area contributed by atoms with E-state index in [2.05, 4.69) is 71.2 Å². The molecule has 8 aromatic carbocycles. The molecule has 12 N–H and O–H groups in total. The van der Waals surface area contributed by atoms with Crippen molar-refractivity contribution in [2.24, 2.45) is 14.1 Å². The van der Waals surface area contributed by atoms with Gasteiger partial charge in [-0.2, -0.15) is 72.0 Å². The van der Waals surface area contributed by atoms with Crippen LogP contribution < -0.4 is 43.0 Å². The minimum atomic E-state index is -5.29. The average molecular weight is 1680 g/mol. The van der Waals surface area contributed by atoms with Gasteiger partial charge in [0.2, 0.25) is 23.8 Å². The standard InChI is InChI=1S/C36H29N7O12S3.C35H27N7O12S3/c1-4-37-35-38-17(2)39-36(42-35)41-23-15-24(27(58(51,52)53)16-26(23)56-55-54-47)40-22-12-13-25-30-28(20-10-5-6-11-21(20)33(45)29(22)30)31(34(46)43(25)3)32(44)18-8-7-9-19(14-18)57(48,49)50;1-16-37-34(36-2)41-35(38-16)40-23-14-22(25(56(49,50)51)15-26(23)57(52,53)54)39-21-11-12-24-29-27(19-9-4-5-10-20(19)32(44)28(21)29)30(33(45)42(24)3)31(43)17-7-6-8-18(13-17)55(46,47)48/h5-16,40,47H,4H2,1-3H3,(H,48,49,50)(H,51,52,53)(H2,37,38,39,41,42);4-15,39H,1-3H3,(H,46,47,48)(H,49,50,51)(H,52,53,54)(H2,36,37,38,40,41). The number of nitrogens with one attached hydrogen (secondary N) is 6. The number of carbonyl (C=O) groups is 4. The van der Waals surface area contributed by atoms with E-state index in [4.69, 9.17) is 5.26 Å². The van der Waals surface area contributed by atoms with Crippen LogP contribution in [0.3, 0.4) is 0 Å². The van der Waals surface area contributed by atoms with E-state index in [1.165, 1.54) is 107 Å². The van der Waals surface area contributed by atoms with Gasteiger partial charge in [0.05, 0.1) is 94.1 Å². The van der Waals surface area contributed by atoms with Crippen molar-refractivity contribution in [2.45, 2.75) is 50.1 Å². The van der Waals surface area contributed by atoms with Crippen LogP contribution in [0, 0.1) is 13.8 Å². The van der Waals surface area contributed by atoms with Gasteiger partial charge in [0, 0.05) is 71.8 Å². The van der Waals surface area contributed by atoms with E-state index < -0.39 is 132 Å². The number of carbonyl (C=O) groups excluding carboxylic acids is 4. The maximum Gasteiger partial charge on any atom is 0.296 e. The van der Waals surface area contributed by atoms with Crippen molar-refractivity contribution in [3.05, 3.63) is 222 Å². The molecule has 115 heavy (non-hydrogen) atoms. The summed E-state index contributed by atoms with van der Waals surface area (Å²) in [6.45, 7) is 5.43. The number of anilines is 10. The summed E-state index contributed by atoms with van der Waals surface area (Å²) < 4.78 is 181. The second-order valence-electron chi connectivity index (χ2n) is 25.1. The summed E-state index contributed by atoms with van der Waals surface area (Å²) in [5, 5.41) is 29.7. The van der Waals surface area contributed by atoms with Gasteiger partial charge in [-0.15, -0.1) is 4.33 Å². The molecule has 0 bridgehead atoms. The third-order valence-electron chi connectivity index (χ3n) is 17.9. The SMILES string of the molecule is CCNc1nc(C)nc(Nc2cc(Nc3ccc4c5c3C(=O)c3ccccc3-c5c(C(=O)c3cccc(S(=O)(=O)O)c3)c(=O)n4C)c(S(=O)(=O)O)cc2SOOO)n1.CNc1nc(C)nc(Nc2cc(Nc3ccc4c5c3C(=O)c3ccccc3-c5c(C(=O)c3cccc(S(=O)(=O)O)c3)c(=O)n4C)c(S(=O)(=O)O)cc2S(=O)(=O)O)n1. The van der Waals surface area contributed by atoms with Crippen LogP contribution in [0.5, 0.6) is 0 Å². The number of rotatable bonds is 23. The fourth-order valence-electron chi connectivity index (χ4n) is 13.1. The van der Waals surface area contributed by atoms with E-state index in [-0.39, 0.29) is 135 Å². The molecule has 0 radical (unpaired) electrons. The number of aryl methyl sites for hydroxylation is 4. The number of aromatic nitrogens is 8. The van der Waals surface area contributed by atoms with Gasteiger partial charge < -0.3 is 41.0 Å². The molecule has 590 valence electrons. The quantitative estimate of drug-likeness (QED) is 0.00933. The molecule has 2 aliphatic rings. The van der Waals surface area contributed by atoms with Crippen LogP contribution in [-0.2, 0) is 74.1 Å². The lowest BCUT2D eigenvalue weighted by atomic mass is 9.80. The number of hydrogen-bond donors (Lipinski definition) is 12. The second-order valence-corrected chi connectivity index (χ2v) is 32.8. The number of pyridine rings is 2. The highest BCUT2D eigenvalue weighted by Gasteiger charge is 2.38. The second kappa shape index (κ2) is 30.4. The molecule has 0 aliphatic heterocycles. The number of ketones is 4. The van der Waals surface area contributed by atoms with E-state index in [1.54, 1.807) is 31.2 Å². The molecule has 14 rings (SSSR count). The monoisotopic (exact) mass is 1680 g/mol. The molecule has 0 saturated carbocycles. The Bertz CT molecular complexity index is 7030. The zero-order valence-electron chi connectivity index (χ0n) is 59.6. The first kappa shape index (κ1) is 80.5. The maximum absolute atomic E-state index is 14.5. The summed E-state index contributed by atoms with van der Waals surface area (Å²) >= 11 is 0.361. The van der Waals surface area contributed by atoms with Crippen molar-refractivity contribution in [1.29, 1.82) is 0 Å². The van der Waals surface area contributed by atoms with Crippen molar-refractivity contribution in [1.82, 2.24) is 39.0 Å². The number of hydrogen-bond acceptors (Lipinski definition) is 32. The highest BCUT2D eigenvalue weighted by molar-refractivity contribution is 7.94. The minimum absolute atomic E-state index is 0.00163. The van der Waals surface area contributed by atoms with Gasteiger partial charge in [0.25, 0.3) is 61.7 Å². The highest BCUT2D eigenvalue weighted by Crippen LogP contribution is 2.48. The van der Waals surface area contributed by atoms with Crippen molar-refractivity contribution >= 4 is 165 Å². The van der Waals surface area contributed by atoms with Crippen LogP contribution in [-0.4, -0.2) is 146 Å². The molecule has 4 aromatic heterocycles. The molecule has 44 heteroatoms. The first-order chi connectivity index (χ1) is 54.2. The third-order valence-corrected chi connectivity index (χ3v) is 23.0. The Balaban J connectivity index is 0.000000200. The summed E-state index contributed by atoms with van der Waals surface area (Å²) in [5.74, 6) is -2.55. The van der Waals surface area contributed by atoms with Crippen molar-refractivity contribution in [2.75, 3.05) is 45.5 Å². The molecule has 38 nitrogen and oxygen atoms in total. The third kappa shape index (κ3) is 15.5. The van der Waals surface area contributed by atoms with Gasteiger partial charge in [-0.25, -0.2) is 5.26 Å². The summed E-state index contributed by atoms with van der Waals surface area (Å²) in [6.07, 6.45) is 0. The van der Waals surface area contributed by atoms with Crippen LogP contribution in [0.15, 0.2) is 185 Å².